The molecule has 1 aromatic rings. The highest BCUT2D eigenvalue weighted by molar-refractivity contribution is 6.34. The van der Waals surface area contributed by atoms with Crippen molar-refractivity contribution in [1.82, 2.24) is 4.90 Å². The average molecular weight is 295 g/mol. The van der Waals surface area contributed by atoms with E-state index >= 15 is 0 Å². The number of hydrogen-bond acceptors (Lipinski definition) is 3. The predicted molar refractivity (Wildman–Crippen MR) is 80.5 cm³/mol. The van der Waals surface area contributed by atoms with Crippen LogP contribution in [0.5, 0.6) is 0 Å². The molecule has 1 aliphatic rings. The molecule has 1 fully saturated rings. The lowest BCUT2D eigenvalue weighted by Gasteiger charge is -2.23. The number of halogens is 1. The number of nitrogens with zero attached hydrogens (tertiary/aromatic N) is 2. The largest absolute Gasteiger partial charge is 0.370 e. The van der Waals surface area contributed by atoms with Crippen LogP contribution >= 0.6 is 11.6 Å². The maximum atomic E-state index is 11.4. The van der Waals surface area contributed by atoms with Crippen LogP contribution in [0, 0.1) is 0 Å². The molecule has 1 aromatic carbocycles. The third-order valence-electron chi connectivity index (χ3n) is 3.64. The molecule has 20 heavy (non-hydrogen) atoms. The van der Waals surface area contributed by atoms with E-state index in [9.17, 15) is 9.59 Å². The van der Waals surface area contributed by atoms with Crippen molar-refractivity contribution in [3.05, 3.63) is 28.8 Å². The Hall–Kier alpha value is -1.55. The van der Waals surface area contributed by atoms with Crippen LogP contribution in [0.1, 0.15) is 30.6 Å². The number of hydrogen-bond donors (Lipinski definition) is 0. The monoisotopic (exact) mass is 294 g/mol. The van der Waals surface area contributed by atoms with Gasteiger partial charge in [0.1, 0.15) is 0 Å². The molecule has 0 unspecified atom stereocenters. The summed E-state index contributed by atoms with van der Waals surface area (Å²) in [6.07, 6.45) is 0.936. The first-order valence-electron chi connectivity index (χ1n) is 6.80. The summed E-state index contributed by atoms with van der Waals surface area (Å²) in [5.41, 5.74) is 1.56. The van der Waals surface area contributed by atoms with Crippen LogP contribution in [-0.4, -0.2) is 42.8 Å². The highest BCUT2D eigenvalue weighted by Gasteiger charge is 2.17. The summed E-state index contributed by atoms with van der Waals surface area (Å²) >= 11 is 6.15. The van der Waals surface area contributed by atoms with Crippen LogP contribution < -0.4 is 4.90 Å². The van der Waals surface area contributed by atoms with Crippen LogP contribution in [0.3, 0.4) is 0 Å². The number of rotatable bonds is 2. The number of anilines is 1. The van der Waals surface area contributed by atoms with Gasteiger partial charge in [-0.3, -0.25) is 9.59 Å². The summed E-state index contributed by atoms with van der Waals surface area (Å²) in [6.45, 7) is 6.31. The molecule has 1 aliphatic heterocycles. The van der Waals surface area contributed by atoms with E-state index < -0.39 is 0 Å². The highest BCUT2D eigenvalue weighted by atomic mass is 35.5. The van der Waals surface area contributed by atoms with Crippen LogP contribution in [0.25, 0.3) is 0 Å². The van der Waals surface area contributed by atoms with E-state index in [1.165, 1.54) is 6.92 Å². The molecular weight excluding hydrogens is 276 g/mol. The molecule has 0 N–H and O–H groups in total. The normalized spacial score (nSPS) is 15.9. The molecule has 1 saturated heterocycles. The van der Waals surface area contributed by atoms with E-state index in [0.29, 0.717) is 10.6 Å². The number of benzene rings is 1. The summed E-state index contributed by atoms with van der Waals surface area (Å²) in [5, 5.41) is 0.489. The zero-order valence-corrected chi connectivity index (χ0v) is 12.6. The van der Waals surface area contributed by atoms with Crippen molar-refractivity contribution < 1.29 is 9.59 Å². The van der Waals surface area contributed by atoms with Crippen LogP contribution in [0.4, 0.5) is 5.69 Å². The van der Waals surface area contributed by atoms with Gasteiger partial charge < -0.3 is 9.80 Å². The first-order chi connectivity index (χ1) is 9.49. The van der Waals surface area contributed by atoms with E-state index in [1.807, 2.05) is 17.0 Å². The molecule has 4 nitrogen and oxygen atoms in total. The van der Waals surface area contributed by atoms with Gasteiger partial charge in [-0.1, -0.05) is 11.6 Å². The van der Waals surface area contributed by atoms with Crippen molar-refractivity contribution in [2.24, 2.45) is 0 Å². The van der Waals surface area contributed by atoms with E-state index in [-0.39, 0.29) is 11.7 Å². The van der Waals surface area contributed by atoms with Crippen LogP contribution in [0.15, 0.2) is 18.2 Å². The lowest BCUT2D eigenvalue weighted by molar-refractivity contribution is -0.128. The SMILES string of the molecule is CC(=O)c1ccc(N2CCCN(C(C)=O)CC2)cc1Cl. The van der Waals surface area contributed by atoms with Gasteiger partial charge in [0.05, 0.1) is 5.02 Å². The number of carbonyl (C=O) groups is 2. The third-order valence-corrected chi connectivity index (χ3v) is 3.95. The molecule has 0 aliphatic carbocycles. The first-order valence-corrected chi connectivity index (χ1v) is 7.18. The number of amides is 1. The fraction of sp³-hybridized carbons (Fsp3) is 0.467. The molecule has 1 amide bonds. The Bertz CT molecular complexity index is 531. The molecule has 1 heterocycles. The van der Waals surface area contributed by atoms with Gasteiger partial charge in [0.25, 0.3) is 0 Å². The fourth-order valence-electron chi connectivity index (χ4n) is 2.48. The first kappa shape index (κ1) is 14.9. The Morgan fingerprint density at radius 2 is 1.85 bits per heavy atom. The van der Waals surface area contributed by atoms with E-state index in [4.69, 9.17) is 11.6 Å². The van der Waals surface area contributed by atoms with Crippen LogP contribution in [-0.2, 0) is 4.79 Å². The Balaban J connectivity index is 2.14. The second-order valence-corrected chi connectivity index (χ2v) is 5.47. The maximum Gasteiger partial charge on any atom is 0.219 e. The molecule has 0 spiro atoms. The molecule has 0 bridgehead atoms. The van der Waals surface area contributed by atoms with Crippen LogP contribution in [0.2, 0.25) is 5.02 Å². The van der Waals surface area contributed by atoms with Crippen molar-refractivity contribution in [1.29, 1.82) is 0 Å². The molecule has 0 aromatic heterocycles. The van der Waals surface area contributed by atoms with E-state index in [1.54, 1.807) is 13.0 Å². The van der Waals surface area contributed by atoms with E-state index in [2.05, 4.69) is 4.90 Å². The summed E-state index contributed by atoms with van der Waals surface area (Å²) in [5.74, 6) is 0.0944. The Labute approximate surface area is 124 Å². The minimum absolute atomic E-state index is 0.0276. The lowest BCUT2D eigenvalue weighted by atomic mass is 10.1. The number of carbonyl (C=O) groups excluding carboxylic acids is 2. The van der Waals surface area contributed by atoms with Crippen molar-refractivity contribution in [3.63, 3.8) is 0 Å². The molecule has 0 radical (unpaired) electrons. The summed E-state index contributed by atoms with van der Waals surface area (Å²) in [7, 11) is 0. The smallest absolute Gasteiger partial charge is 0.219 e. The Morgan fingerprint density at radius 3 is 2.45 bits per heavy atom. The molecule has 2 rings (SSSR count). The van der Waals surface area contributed by atoms with Crippen molar-refractivity contribution in [2.45, 2.75) is 20.3 Å². The van der Waals surface area contributed by atoms with Crippen molar-refractivity contribution in [2.75, 3.05) is 31.1 Å². The second-order valence-electron chi connectivity index (χ2n) is 5.07. The lowest BCUT2D eigenvalue weighted by Crippen LogP contribution is -2.33. The van der Waals surface area contributed by atoms with Gasteiger partial charge in [0, 0.05) is 44.4 Å². The predicted octanol–water partition coefficient (Wildman–Crippen LogP) is 2.60. The molecule has 0 saturated carbocycles. The molecule has 5 heteroatoms. The average Bonchev–Trinajstić information content (AvgIpc) is 2.63. The maximum absolute atomic E-state index is 11.4. The van der Waals surface area contributed by atoms with Crippen molar-refractivity contribution in [3.8, 4) is 0 Å². The van der Waals surface area contributed by atoms with Gasteiger partial charge in [-0.2, -0.15) is 0 Å². The second kappa shape index (κ2) is 6.27. The summed E-state index contributed by atoms with van der Waals surface area (Å²) in [4.78, 5) is 26.9. The standard InChI is InChI=1S/C15H19ClN2O2/c1-11(19)14-5-4-13(10-15(14)16)18-7-3-6-17(8-9-18)12(2)20/h4-5,10H,3,6-9H2,1-2H3. The fourth-order valence-corrected chi connectivity index (χ4v) is 2.78. The Morgan fingerprint density at radius 1 is 1.10 bits per heavy atom. The van der Waals surface area contributed by atoms with Gasteiger partial charge in [-0.05, 0) is 31.5 Å². The van der Waals surface area contributed by atoms with Crippen molar-refractivity contribution >= 4 is 29.0 Å². The minimum atomic E-state index is -0.0276. The molecule has 0 atom stereocenters. The van der Waals surface area contributed by atoms with Gasteiger partial charge in [0.2, 0.25) is 5.91 Å². The van der Waals surface area contributed by atoms with Gasteiger partial charge in [-0.15, -0.1) is 0 Å². The quantitative estimate of drug-likeness (QED) is 0.787. The Kier molecular flexibility index (Phi) is 4.65. The number of Topliss-reactive ketones (excluding diaryl/α,β-unsaturated/α-hetero) is 1. The molecule has 108 valence electrons. The molecular formula is C15H19ClN2O2. The van der Waals surface area contributed by atoms with E-state index in [0.717, 1.165) is 38.3 Å². The summed E-state index contributed by atoms with van der Waals surface area (Å²) < 4.78 is 0. The third kappa shape index (κ3) is 3.31. The zero-order chi connectivity index (χ0) is 14.7. The highest BCUT2D eigenvalue weighted by Crippen LogP contribution is 2.25. The van der Waals surface area contributed by atoms with Gasteiger partial charge in [-0.25, -0.2) is 0 Å². The topological polar surface area (TPSA) is 40.6 Å². The number of ketones is 1. The summed E-state index contributed by atoms with van der Waals surface area (Å²) in [6, 6.07) is 5.53. The van der Waals surface area contributed by atoms with Gasteiger partial charge in [0.15, 0.2) is 5.78 Å². The van der Waals surface area contributed by atoms with Gasteiger partial charge >= 0.3 is 0 Å². The minimum Gasteiger partial charge on any atom is -0.370 e. The zero-order valence-electron chi connectivity index (χ0n) is 11.9.